The molecule has 5 heteroatoms. The first-order valence-corrected chi connectivity index (χ1v) is 7.39. The highest BCUT2D eigenvalue weighted by Crippen LogP contribution is 2.36. The van der Waals surface area contributed by atoms with Gasteiger partial charge < -0.3 is 10.5 Å². The smallest absolute Gasteiger partial charge is 0.0843 e. The van der Waals surface area contributed by atoms with Crippen LogP contribution in [-0.2, 0) is 4.74 Å². The van der Waals surface area contributed by atoms with Gasteiger partial charge in [0, 0.05) is 22.0 Å². The highest BCUT2D eigenvalue weighted by atomic mass is 79.9. The van der Waals surface area contributed by atoms with Crippen LogP contribution < -0.4 is 5.73 Å². The van der Waals surface area contributed by atoms with E-state index in [0.29, 0.717) is 6.10 Å². The topological polar surface area (TPSA) is 35.2 Å². The summed E-state index contributed by atoms with van der Waals surface area (Å²) in [4.78, 5) is 1.21. The molecule has 1 saturated heterocycles. The summed E-state index contributed by atoms with van der Waals surface area (Å²) in [5.41, 5.74) is 6.15. The van der Waals surface area contributed by atoms with Gasteiger partial charge in [-0.2, -0.15) is 0 Å². The van der Waals surface area contributed by atoms with Crippen LogP contribution in [0.25, 0.3) is 0 Å². The Labute approximate surface area is 110 Å². The van der Waals surface area contributed by atoms with E-state index in [1.165, 1.54) is 11.3 Å². The zero-order valence-electron chi connectivity index (χ0n) is 8.21. The molecular weight excluding hydrogens is 342 g/mol. The molecule has 2 N–H and O–H groups in total. The van der Waals surface area contributed by atoms with Gasteiger partial charge >= 0.3 is 0 Å². The van der Waals surface area contributed by atoms with Crippen molar-refractivity contribution in [2.45, 2.75) is 31.4 Å². The maximum atomic E-state index is 6.15. The van der Waals surface area contributed by atoms with Crippen LogP contribution >= 0.6 is 43.2 Å². The average molecular weight is 355 g/mol. The summed E-state index contributed by atoms with van der Waals surface area (Å²) >= 11 is 8.65. The number of nitrogens with two attached hydrogens (primary N) is 1. The lowest BCUT2D eigenvalue weighted by Gasteiger charge is -2.14. The van der Waals surface area contributed by atoms with Gasteiger partial charge in [-0.15, -0.1) is 11.3 Å². The fourth-order valence-electron chi connectivity index (χ4n) is 1.78. The summed E-state index contributed by atoms with van der Waals surface area (Å²) < 4.78 is 7.78. The van der Waals surface area contributed by atoms with E-state index in [-0.39, 0.29) is 6.04 Å². The number of ether oxygens (including phenoxy) is 1. The van der Waals surface area contributed by atoms with E-state index >= 15 is 0 Å². The lowest BCUT2D eigenvalue weighted by atomic mass is 10.1. The third-order valence-electron chi connectivity index (χ3n) is 2.57. The highest BCUT2D eigenvalue weighted by Gasteiger charge is 2.21. The Morgan fingerprint density at radius 2 is 2.40 bits per heavy atom. The van der Waals surface area contributed by atoms with Crippen molar-refractivity contribution in [2.75, 3.05) is 6.61 Å². The van der Waals surface area contributed by atoms with Crippen molar-refractivity contribution >= 4 is 43.2 Å². The predicted molar refractivity (Wildman–Crippen MR) is 70.2 cm³/mol. The second-order valence-corrected chi connectivity index (χ2v) is 7.00. The van der Waals surface area contributed by atoms with Crippen molar-refractivity contribution < 1.29 is 4.74 Å². The first kappa shape index (κ1) is 12.0. The Morgan fingerprint density at radius 3 is 2.93 bits per heavy atom. The first-order valence-electron chi connectivity index (χ1n) is 4.98. The van der Waals surface area contributed by atoms with Gasteiger partial charge in [0.25, 0.3) is 0 Å². The molecule has 2 unspecified atom stereocenters. The standard InChI is InChI=1S/C10H13Br2NOS/c11-7-5-9(15-10(7)12)8(13)4-6-2-1-3-14-6/h5-6,8H,1-4,13H2. The molecule has 1 fully saturated rings. The molecule has 0 radical (unpaired) electrons. The van der Waals surface area contributed by atoms with Crippen LogP contribution in [-0.4, -0.2) is 12.7 Å². The third-order valence-corrected chi connectivity index (χ3v) is 5.96. The quantitative estimate of drug-likeness (QED) is 0.894. The second kappa shape index (κ2) is 5.27. The van der Waals surface area contributed by atoms with Gasteiger partial charge in [0.15, 0.2) is 0 Å². The molecule has 2 heterocycles. The van der Waals surface area contributed by atoms with Crippen molar-refractivity contribution in [3.05, 3.63) is 19.2 Å². The van der Waals surface area contributed by atoms with Gasteiger partial charge in [-0.25, -0.2) is 0 Å². The van der Waals surface area contributed by atoms with Gasteiger partial charge in [0.05, 0.1) is 9.89 Å². The maximum absolute atomic E-state index is 6.15. The minimum absolute atomic E-state index is 0.0979. The minimum atomic E-state index is 0.0979. The third kappa shape index (κ3) is 3.03. The molecule has 2 rings (SSSR count). The Bertz CT molecular complexity index is 317. The molecule has 0 amide bonds. The van der Waals surface area contributed by atoms with Gasteiger partial charge in [-0.3, -0.25) is 0 Å². The van der Waals surface area contributed by atoms with Crippen LogP contribution in [0.3, 0.4) is 0 Å². The zero-order chi connectivity index (χ0) is 10.8. The van der Waals surface area contributed by atoms with Crippen molar-refractivity contribution in [1.29, 1.82) is 0 Å². The van der Waals surface area contributed by atoms with E-state index in [1.54, 1.807) is 11.3 Å². The van der Waals surface area contributed by atoms with Crippen molar-refractivity contribution in [1.82, 2.24) is 0 Å². The lowest BCUT2D eigenvalue weighted by molar-refractivity contribution is 0.0986. The van der Waals surface area contributed by atoms with E-state index in [2.05, 4.69) is 37.9 Å². The number of hydrogen-bond donors (Lipinski definition) is 1. The van der Waals surface area contributed by atoms with Crippen LogP contribution in [0.15, 0.2) is 14.3 Å². The SMILES string of the molecule is NC(CC1CCCO1)c1cc(Br)c(Br)s1. The van der Waals surface area contributed by atoms with E-state index in [0.717, 1.165) is 27.7 Å². The molecule has 0 bridgehead atoms. The van der Waals surface area contributed by atoms with Gasteiger partial charge in [-0.1, -0.05) is 0 Å². The Hall–Kier alpha value is 0.580. The van der Waals surface area contributed by atoms with Gasteiger partial charge in [0.2, 0.25) is 0 Å². The van der Waals surface area contributed by atoms with Crippen LogP contribution in [0, 0.1) is 0 Å². The van der Waals surface area contributed by atoms with Crippen LogP contribution in [0.5, 0.6) is 0 Å². The largest absolute Gasteiger partial charge is 0.378 e. The van der Waals surface area contributed by atoms with Gasteiger partial charge in [0.1, 0.15) is 0 Å². The van der Waals surface area contributed by atoms with E-state index in [1.807, 2.05) is 0 Å². The molecule has 0 spiro atoms. The molecule has 0 aliphatic carbocycles. The number of hydrogen-bond acceptors (Lipinski definition) is 3. The Morgan fingerprint density at radius 1 is 1.60 bits per heavy atom. The van der Waals surface area contributed by atoms with E-state index < -0.39 is 0 Å². The molecule has 15 heavy (non-hydrogen) atoms. The first-order chi connectivity index (χ1) is 7.16. The highest BCUT2D eigenvalue weighted by molar-refractivity contribution is 9.13. The molecular formula is C10H13Br2NOS. The Balaban J connectivity index is 1.97. The average Bonchev–Trinajstić information content (AvgIpc) is 2.78. The molecule has 2 atom stereocenters. The molecule has 0 saturated carbocycles. The zero-order valence-corrected chi connectivity index (χ0v) is 12.2. The summed E-state index contributed by atoms with van der Waals surface area (Å²) in [5, 5.41) is 0. The van der Waals surface area contributed by atoms with E-state index in [4.69, 9.17) is 10.5 Å². The molecule has 1 aliphatic heterocycles. The normalized spacial score (nSPS) is 23.3. The fourth-order valence-corrected chi connectivity index (χ4v) is 3.88. The second-order valence-electron chi connectivity index (χ2n) is 3.75. The Kier molecular flexibility index (Phi) is 4.24. The van der Waals surface area contributed by atoms with Crippen molar-refractivity contribution in [2.24, 2.45) is 5.73 Å². The fraction of sp³-hybridized carbons (Fsp3) is 0.600. The van der Waals surface area contributed by atoms with Crippen LogP contribution in [0.4, 0.5) is 0 Å². The molecule has 1 aromatic heterocycles. The molecule has 2 nitrogen and oxygen atoms in total. The summed E-state index contributed by atoms with van der Waals surface area (Å²) in [6.07, 6.45) is 3.62. The molecule has 84 valence electrons. The van der Waals surface area contributed by atoms with Crippen molar-refractivity contribution in [3.8, 4) is 0 Å². The van der Waals surface area contributed by atoms with Crippen LogP contribution in [0.1, 0.15) is 30.2 Å². The maximum Gasteiger partial charge on any atom is 0.0843 e. The summed E-state index contributed by atoms with van der Waals surface area (Å²) in [7, 11) is 0. The number of thiophene rings is 1. The van der Waals surface area contributed by atoms with Crippen LogP contribution in [0.2, 0.25) is 0 Å². The molecule has 0 aromatic carbocycles. The number of halogens is 2. The lowest BCUT2D eigenvalue weighted by Crippen LogP contribution is -2.17. The minimum Gasteiger partial charge on any atom is -0.378 e. The molecule has 1 aliphatic rings. The monoisotopic (exact) mass is 353 g/mol. The summed E-state index contributed by atoms with van der Waals surface area (Å²) in [6, 6.07) is 2.19. The predicted octanol–water partition coefficient (Wildman–Crippen LogP) is 3.84. The summed E-state index contributed by atoms with van der Waals surface area (Å²) in [6.45, 7) is 0.898. The number of rotatable bonds is 3. The van der Waals surface area contributed by atoms with E-state index in [9.17, 15) is 0 Å². The molecule has 1 aromatic rings. The summed E-state index contributed by atoms with van der Waals surface area (Å²) in [5.74, 6) is 0. The van der Waals surface area contributed by atoms with Crippen molar-refractivity contribution in [3.63, 3.8) is 0 Å². The van der Waals surface area contributed by atoms with Gasteiger partial charge in [-0.05, 0) is 57.2 Å².